The van der Waals surface area contributed by atoms with Crippen LogP contribution < -0.4 is 5.32 Å². The molecule has 0 aliphatic heterocycles. The number of carbonyl (C=O) groups excluding carboxylic acids is 1. The van der Waals surface area contributed by atoms with Crippen molar-refractivity contribution >= 4 is 5.91 Å². The summed E-state index contributed by atoms with van der Waals surface area (Å²) in [5.74, 6) is 0.834. The molecular formula is C10H19NO2. The zero-order valence-corrected chi connectivity index (χ0v) is 8.58. The third-order valence-electron chi connectivity index (χ3n) is 2.99. The Hall–Kier alpha value is -0.570. The Morgan fingerprint density at radius 1 is 1.38 bits per heavy atom. The number of nitrogens with one attached hydrogen (secondary N) is 1. The lowest BCUT2D eigenvalue weighted by atomic mass is 10.0. The Balaban J connectivity index is 2.47. The molecule has 0 radical (unpaired) electrons. The minimum absolute atomic E-state index is 0.245. The standard InChI is InChI=1S/C10H19NO2/c1-6-4-5-7(2)9(6)11-10(13)8(3)12/h6-9,12H,4-5H2,1-3H3,(H,11,13)/t6?,7?,8-,9?/m1/s1. The zero-order valence-electron chi connectivity index (χ0n) is 8.58. The Bertz CT molecular complexity index is 181. The molecule has 3 heteroatoms. The summed E-state index contributed by atoms with van der Waals surface area (Å²) in [5.41, 5.74) is 0. The van der Waals surface area contributed by atoms with E-state index < -0.39 is 6.10 Å². The lowest BCUT2D eigenvalue weighted by Gasteiger charge is -2.22. The number of rotatable bonds is 2. The molecule has 3 atom stereocenters. The van der Waals surface area contributed by atoms with Crippen LogP contribution in [-0.2, 0) is 4.79 Å². The third-order valence-corrected chi connectivity index (χ3v) is 2.99. The highest BCUT2D eigenvalue weighted by molar-refractivity contribution is 5.80. The SMILES string of the molecule is CC1CCC(C)C1NC(=O)[C@@H](C)O. The largest absolute Gasteiger partial charge is 0.384 e. The van der Waals surface area contributed by atoms with Gasteiger partial charge in [-0.25, -0.2) is 0 Å². The van der Waals surface area contributed by atoms with Gasteiger partial charge in [-0.2, -0.15) is 0 Å². The van der Waals surface area contributed by atoms with Crippen molar-refractivity contribution in [2.24, 2.45) is 11.8 Å². The second-order valence-corrected chi connectivity index (χ2v) is 4.24. The van der Waals surface area contributed by atoms with E-state index in [1.807, 2.05) is 0 Å². The monoisotopic (exact) mass is 185 g/mol. The summed E-state index contributed by atoms with van der Waals surface area (Å²) in [7, 11) is 0. The van der Waals surface area contributed by atoms with Crippen LogP contribution in [0.5, 0.6) is 0 Å². The highest BCUT2D eigenvalue weighted by Crippen LogP contribution is 2.30. The van der Waals surface area contributed by atoms with Crippen molar-refractivity contribution in [2.75, 3.05) is 0 Å². The molecule has 1 aliphatic rings. The van der Waals surface area contributed by atoms with Gasteiger partial charge in [0.15, 0.2) is 0 Å². The second kappa shape index (κ2) is 4.09. The molecule has 0 aromatic carbocycles. The number of amides is 1. The van der Waals surface area contributed by atoms with Crippen molar-refractivity contribution in [3.63, 3.8) is 0 Å². The molecule has 13 heavy (non-hydrogen) atoms. The average Bonchev–Trinajstić information content (AvgIpc) is 2.35. The molecule has 2 unspecified atom stereocenters. The molecule has 1 amide bonds. The minimum atomic E-state index is -0.889. The van der Waals surface area contributed by atoms with Crippen LogP contribution in [0.25, 0.3) is 0 Å². The number of carbonyl (C=O) groups is 1. The topological polar surface area (TPSA) is 49.3 Å². The molecule has 76 valence electrons. The maximum atomic E-state index is 11.2. The van der Waals surface area contributed by atoms with E-state index in [-0.39, 0.29) is 11.9 Å². The minimum Gasteiger partial charge on any atom is -0.384 e. The normalized spacial score (nSPS) is 35.8. The van der Waals surface area contributed by atoms with Crippen LogP contribution in [-0.4, -0.2) is 23.2 Å². The molecule has 1 aliphatic carbocycles. The van der Waals surface area contributed by atoms with Crippen molar-refractivity contribution in [3.05, 3.63) is 0 Å². The summed E-state index contributed by atoms with van der Waals surface area (Å²) >= 11 is 0. The molecule has 0 aromatic heterocycles. The van der Waals surface area contributed by atoms with Crippen LogP contribution in [0.3, 0.4) is 0 Å². The number of hydrogen-bond acceptors (Lipinski definition) is 2. The first-order valence-electron chi connectivity index (χ1n) is 5.00. The van der Waals surface area contributed by atoms with E-state index in [0.717, 1.165) is 0 Å². The van der Waals surface area contributed by atoms with Crippen LogP contribution >= 0.6 is 0 Å². The van der Waals surface area contributed by atoms with Crippen LogP contribution in [0.15, 0.2) is 0 Å². The smallest absolute Gasteiger partial charge is 0.248 e. The van der Waals surface area contributed by atoms with Crippen molar-refractivity contribution < 1.29 is 9.90 Å². The molecule has 0 saturated heterocycles. The van der Waals surface area contributed by atoms with Gasteiger partial charge in [-0.1, -0.05) is 13.8 Å². The Morgan fingerprint density at radius 3 is 2.23 bits per heavy atom. The van der Waals surface area contributed by atoms with E-state index in [2.05, 4.69) is 19.2 Å². The quantitative estimate of drug-likeness (QED) is 0.672. The van der Waals surface area contributed by atoms with Gasteiger partial charge in [-0.15, -0.1) is 0 Å². The van der Waals surface area contributed by atoms with Gasteiger partial charge < -0.3 is 10.4 Å². The molecule has 0 bridgehead atoms. The van der Waals surface area contributed by atoms with Gasteiger partial charge in [0.2, 0.25) is 5.91 Å². The van der Waals surface area contributed by atoms with Crippen molar-refractivity contribution in [3.8, 4) is 0 Å². The number of aliphatic hydroxyl groups excluding tert-OH is 1. The van der Waals surface area contributed by atoms with Gasteiger partial charge in [0, 0.05) is 6.04 Å². The van der Waals surface area contributed by atoms with E-state index in [9.17, 15) is 4.79 Å². The maximum Gasteiger partial charge on any atom is 0.248 e. The molecule has 1 saturated carbocycles. The van der Waals surface area contributed by atoms with Crippen molar-refractivity contribution in [1.82, 2.24) is 5.32 Å². The molecule has 0 heterocycles. The van der Waals surface area contributed by atoms with E-state index in [1.54, 1.807) is 0 Å². The molecule has 1 fully saturated rings. The summed E-state index contributed by atoms with van der Waals surface area (Å²) < 4.78 is 0. The first kappa shape index (κ1) is 10.5. The molecule has 0 spiro atoms. The van der Waals surface area contributed by atoms with E-state index in [1.165, 1.54) is 19.8 Å². The predicted octanol–water partition coefficient (Wildman–Crippen LogP) is 0.918. The van der Waals surface area contributed by atoms with Crippen molar-refractivity contribution in [2.45, 2.75) is 45.8 Å². The van der Waals surface area contributed by atoms with E-state index in [4.69, 9.17) is 5.11 Å². The van der Waals surface area contributed by atoms with E-state index >= 15 is 0 Å². The fourth-order valence-corrected chi connectivity index (χ4v) is 2.02. The van der Waals surface area contributed by atoms with Crippen LogP contribution in [0.1, 0.15) is 33.6 Å². The van der Waals surface area contributed by atoms with Gasteiger partial charge >= 0.3 is 0 Å². The Morgan fingerprint density at radius 2 is 1.85 bits per heavy atom. The third kappa shape index (κ3) is 2.44. The lowest BCUT2D eigenvalue weighted by molar-refractivity contribution is -0.129. The van der Waals surface area contributed by atoms with Crippen LogP contribution in [0, 0.1) is 11.8 Å². The summed E-state index contributed by atoms with van der Waals surface area (Å²) in [5, 5.41) is 11.9. The van der Waals surface area contributed by atoms with Gasteiger partial charge in [0.1, 0.15) is 6.10 Å². The maximum absolute atomic E-state index is 11.2. The van der Waals surface area contributed by atoms with Gasteiger partial charge in [-0.05, 0) is 31.6 Å². The fraction of sp³-hybridized carbons (Fsp3) is 0.900. The molecule has 0 aromatic rings. The summed E-state index contributed by atoms with van der Waals surface area (Å²) in [6.07, 6.45) is 1.46. The average molecular weight is 185 g/mol. The Labute approximate surface area is 79.5 Å². The first-order valence-corrected chi connectivity index (χ1v) is 5.00. The molecule has 2 N–H and O–H groups in total. The highest BCUT2D eigenvalue weighted by atomic mass is 16.3. The van der Waals surface area contributed by atoms with Gasteiger partial charge in [0.05, 0.1) is 0 Å². The fourth-order valence-electron chi connectivity index (χ4n) is 2.02. The Kier molecular flexibility index (Phi) is 3.31. The molecular weight excluding hydrogens is 166 g/mol. The molecule has 1 rings (SSSR count). The number of aliphatic hydroxyl groups is 1. The van der Waals surface area contributed by atoms with Gasteiger partial charge in [-0.3, -0.25) is 4.79 Å². The summed E-state index contributed by atoms with van der Waals surface area (Å²) in [6, 6.07) is 0.252. The predicted molar refractivity (Wildman–Crippen MR) is 51.2 cm³/mol. The summed E-state index contributed by atoms with van der Waals surface area (Å²) in [4.78, 5) is 11.2. The highest BCUT2D eigenvalue weighted by Gasteiger charge is 2.31. The van der Waals surface area contributed by atoms with Crippen molar-refractivity contribution in [1.29, 1.82) is 0 Å². The van der Waals surface area contributed by atoms with E-state index in [0.29, 0.717) is 11.8 Å². The first-order chi connectivity index (χ1) is 6.02. The lowest BCUT2D eigenvalue weighted by Crippen LogP contribution is -2.44. The van der Waals surface area contributed by atoms with Crippen LogP contribution in [0.4, 0.5) is 0 Å². The number of hydrogen-bond donors (Lipinski definition) is 2. The van der Waals surface area contributed by atoms with Crippen LogP contribution in [0.2, 0.25) is 0 Å². The molecule has 3 nitrogen and oxygen atoms in total. The summed E-state index contributed by atoms with van der Waals surface area (Å²) in [6.45, 7) is 5.80. The van der Waals surface area contributed by atoms with Gasteiger partial charge in [0.25, 0.3) is 0 Å². The zero-order chi connectivity index (χ0) is 10.0. The second-order valence-electron chi connectivity index (χ2n) is 4.24.